The monoisotopic (exact) mass is 479 g/mol. The summed E-state index contributed by atoms with van der Waals surface area (Å²) in [6.07, 6.45) is 5.43. The molecule has 0 spiro atoms. The maximum absolute atomic E-state index is 12.8. The third-order valence-corrected chi connectivity index (χ3v) is 9.46. The number of quaternary nitrogens is 1. The summed E-state index contributed by atoms with van der Waals surface area (Å²) in [5.41, 5.74) is 2.83. The summed E-state index contributed by atoms with van der Waals surface area (Å²) in [4.78, 5) is 15.3. The predicted molar refractivity (Wildman–Crippen MR) is 140 cm³/mol. The molecule has 0 N–H and O–H groups in total. The van der Waals surface area contributed by atoms with E-state index in [-0.39, 0.29) is 12.1 Å². The first-order chi connectivity index (χ1) is 16.7. The lowest BCUT2D eigenvalue weighted by molar-refractivity contribution is -0.946. The SMILES string of the molecule is O=C(CCN1CCSC(c2ccccc2)C1)O[C@@H]1C[N+]2(CCCc3ccccc3)CCC1CC2. The smallest absolute Gasteiger partial charge is 0.307 e. The number of hydrogen-bond donors (Lipinski definition) is 0. The van der Waals surface area contributed by atoms with Gasteiger partial charge in [0.1, 0.15) is 6.54 Å². The van der Waals surface area contributed by atoms with Crippen LogP contribution in [0.3, 0.4) is 0 Å². The lowest BCUT2D eigenvalue weighted by Crippen LogP contribution is -2.64. The van der Waals surface area contributed by atoms with Crippen molar-refractivity contribution in [2.24, 2.45) is 5.92 Å². The zero-order chi connectivity index (χ0) is 23.2. The third-order valence-electron chi connectivity index (χ3n) is 8.22. The average Bonchev–Trinajstić information content (AvgIpc) is 2.89. The molecule has 0 aliphatic carbocycles. The Morgan fingerprint density at radius 2 is 1.76 bits per heavy atom. The van der Waals surface area contributed by atoms with Crippen LogP contribution >= 0.6 is 11.8 Å². The van der Waals surface area contributed by atoms with E-state index in [1.165, 1.54) is 50.0 Å². The summed E-state index contributed by atoms with van der Waals surface area (Å²) in [5.74, 6) is 1.71. The zero-order valence-corrected chi connectivity index (χ0v) is 21.1. The molecule has 4 nitrogen and oxygen atoms in total. The molecule has 1 unspecified atom stereocenters. The van der Waals surface area contributed by atoms with E-state index in [4.69, 9.17) is 4.74 Å². The second-order valence-electron chi connectivity index (χ2n) is 10.5. The van der Waals surface area contributed by atoms with Crippen LogP contribution in [-0.4, -0.2) is 73.0 Å². The number of carbonyl (C=O) groups excluding carboxylic acids is 1. The summed E-state index contributed by atoms with van der Waals surface area (Å²) in [5, 5.41) is 0.507. The minimum absolute atomic E-state index is 0.00988. The molecule has 0 aromatic heterocycles. The van der Waals surface area contributed by atoms with Gasteiger partial charge in [0.05, 0.1) is 26.1 Å². The van der Waals surface area contributed by atoms with E-state index < -0.39 is 0 Å². The highest BCUT2D eigenvalue weighted by molar-refractivity contribution is 7.99. The molecule has 34 heavy (non-hydrogen) atoms. The summed E-state index contributed by atoms with van der Waals surface area (Å²) in [7, 11) is 0. The van der Waals surface area contributed by atoms with Gasteiger partial charge in [-0.05, 0) is 17.5 Å². The van der Waals surface area contributed by atoms with Crippen LogP contribution in [0.1, 0.15) is 42.1 Å². The van der Waals surface area contributed by atoms with Crippen molar-refractivity contribution in [3.8, 4) is 0 Å². The summed E-state index contributed by atoms with van der Waals surface area (Å²) < 4.78 is 7.29. The summed E-state index contributed by atoms with van der Waals surface area (Å²) in [6, 6.07) is 21.6. The number of nitrogens with zero attached hydrogens (tertiary/aromatic N) is 2. The molecular formula is C29H39N2O2S+. The van der Waals surface area contributed by atoms with Gasteiger partial charge in [-0.2, -0.15) is 11.8 Å². The fourth-order valence-electron chi connectivity index (χ4n) is 6.18. The lowest BCUT2D eigenvalue weighted by atomic mass is 9.83. The van der Waals surface area contributed by atoms with Crippen molar-refractivity contribution in [1.29, 1.82) is 0 Å². The Kier molecular flexibility index (Phi) is 7.93. The van der Waals surface area contributed by atoms with E-state index in [1.54, 1.807) is 0 Å². The number of carbonyl (C=O) groups is 1. The van der Waals surface area contributed by atoms with Crippen LogP contribution in [-0.2, 0) is 16.0 Å². The zero-order valence-electron chi connectivity index (χ0n) is 20.3. The van der Waals surface area contributed by atoms with E-state index in [0.29, 0.717) is 17.6 Å². The number of esters is 1. The molecule has 0 saturated carbocycles. The Morgan fingerprint density at radius 1 is 1.03 bits per heavy atom. The van der Waals surface area contributed by atoms with Gasteiger partial charge in [-0.25, -0.2) is 0 Å². The van der Waals surface area contributed by atoms with Crippen LogP contribution in [0, 0.1) is 5.92 Å². The molecule has 2 bridgehead atoms. The molecule has 2 aromatic rings. The van der Waals surface area contributed by atoms with Gasteiger partial charge in [0, 0.05) is 55.8 Å². The van der Waals surface area contributed by atoms with E-state index >= 15 is 0 Å². The van der Waals surface area contributed by atoms with Gasteiger partial charge in [-0.3, -0.25) is 4.79 Å². The number of aryl methyl sites for hydroxylation is 1. The molecule has 5 heteroatoms. The normalized spacial score (nSPS) is 29.1. The Morgan fingerprint density at radius 3 is 2.53 bits per heavy atom. The van der Waals surface area contributed by atoms with Crippen molar-refractivity contribution in [1.82, 2.24) is 4.90 Å². The Balaban J connectivity index is 1.07. The van der Waals surface area contributed by atoms with Crippen LogP contribution in [0.25, 0.3) is 0 Å². The summed E-state index contributed by atoms with van der Waals surface area (Å²) in [6.45, 7) is 7.67. The molecule has 4 fully saturated rings. The van der Waals surface area contributed by atoms with E-state index in [1.807, 2.05) is 11.8 Å². The molecular weight excluding hydrogens is 440 g/mol. The topological polar surface area (TPSA) is 29.5 Å². The minimum atomic E-state index is 0.00988. The maximum atomic E-state index is 12.8. The Labute approximate surface area is 209 Å². The van der Waals surface area contributed by atoms with Crippen LogP contribution in [0.5, 0.6) is 0 Å². The van der Waals surface area contributed by atoms with Gasteiger partial charge in [0.15, 0.2) is 6.10 Å². The van der Waals surface area contributed by atoms with E-state index in [0.717, 1.165) is 42.8 Å². The molecule has 4 aliphatic rings. The molecule has 6 rings (SSSR count). The predicted octanol–water partition coefficient (Wildman–Crippen LogP) is 4.95. The van der Waals surface area contributed by atoms with Gasteiger partial charge >= 0.3 is 5.97 Å². The number of benzene rings is 2. The molecule has 2 atom stereocenters. The second-order valence-corrected chi connectivity index (χ2v) is 11.8. The maximum Gasteiger partial charge on any atom is 0.307 e. The van der Waals surface area contributed by atoms with Crippen LogP contribution in [0.4, 0.5) is 0 Å². The number of fused-ring (bicyclic) bond motifs is 3. The first-order valence-corrected chi connectivity index (χ1v) is 14.2. The standard InChI is InChI=1S/C29H39N2O2S/c32-29(13-16-30-17-21-34-28(22-30)26-11-5-2-6-12-26)33-27-23-31(19-14-25(27)15-20-31)18-7-10-24-8-3-1-4-9-24/h1-6,8-9,11-12,25,27-28H,7,10,13-23H2/q+1/t25?,27-,28?,31?/m1/s1. The number of rotatable bonds is 9. The van der Waals surface area contributed by atoms with E-state index in [9.17, 15) is 4.79 Å². The highest BCUT2D eigenvalue weighted by Gasteiger charge is 2.47. The molecule has 4 aliphatic heterocycles. The average molecular weight is 480 g/mol. The number of hydrogen-bond acceptors (Lipinski definition) is 4. The van der Waals surface area contributed by atoms with Crippen molar-refractivity contribution in [2.45, 2.75) is 43.5 Å². The number of ether oxygens (including phenoxy) is 1. The van der Waals surface area contributed by atoms with Crippen molar-refractivity contribution < 1.29 is 14.0 Å². The van der Waals surface area contributed by atoms with Crippen LogP contribution < -0.4 is 0 Å². The first kappa shape index (κ1) is 23.9. The van der Waals surface area contributed by atoms with Gasteiger partial charge in [0.2, 0.25) is 0 Å². The molecule has 2 aromatic carbocycles. The second kappa shape index (κ2) is 11.3. The molecule has 0 amide bonds. The van der Waals surface area contributed by atoms with Gasteiger partial charge < -0.3 is 14.1 Å². The molecule has 182 valence electrons. The van der Waals surface area contributed by atoms with Crippen LogP contribution in [0.2, 0.25) is 0 Å². The first-order valence-electron chi connectivity index (χ1n) is 13.2. The fraction of sp³-hybridized carbons (Fsp3) is 0.552. The fourth-order valence-corrected chi connectivity index (χ4v) is 7.50. The largest absolute Gasteiger partial charge is 0.456 e. The number of piperidine rings is 3. The lowest BCUT2D eigenvalue weighted by Gasteiger charge is -2.52. The number of thioether (sulfide) groups is 1. The molecule has 4 saturated heterocycles. The Hall–Kier alpha value is -1.82. The summed E-state index contributed by atoms with van der Waals surface area (Å²) >= 11 is 2.04. The van der Waals surface area contributed by atoms with Gasteiger partial charge in [-0.1, -0.05) is 60.7 Å². The molecule has 4 heterocycles. The third kappa shape index (κ3) is 6.05. The van der Waals surface area contributed by atoms with Crippen molar-refractivity contribution in [2.75, 3.05) is 51.6 Å². The van der Waals surface area contributed by atoms with Crippen molar-refractivity contribution >= 4 is 17.7 Å². The molecule has 0 radical (unpaired) electrons. The van der Waals surface area contributed by atoms with Crippen molar-refractivity contribution in [3.63, 3.8) is 0 Å². The minimum Gasteiger partial charge on any atom is -0.456 e. The van der Waals surface area contributed by atoms with Crippen molar-refractivity contribution in [3.05, 3.63) is 71.8 Å². The Bertz CT molecular complexity index is 914. The quantitative estimate of drug-likeness (QED) is 0.376. The highest BCUT2D eigenvalue weighted by atomic mass is 32.2. The van der Waals surface area contributed by atoms with Gasteiger partial charge in [0.25, 0.3) is 0 Å². The van der Waals surface area contributed by atoms with Crippen LogP contribution in [0.15, 0.2) is 60.7 Å². The highest BCUT2D eigenvalue weighted by Crippen LogP contribution is 2.36. The van der Waals surface area contributed by atoms with Gasteiger partial charge in [-0.15, -0.1) is 0 Å². The van der Waals surface area contributed by atoms with E-state index in [2.05, 4.69) is 65.6 Å².